The highest BCUT2D eigenvalue weighted by atomic mass is 29.6. The molecule has 18 nitrogen and oxygen atoms in total. The minimum atomic E-state index is -5.89. The Morgan fingerprint density at radius 3 is 1.21 bits per heavy atom. The summed E-state index contributed by atoms with van der Waals surface area (Å²) in [6.07, 6.45) is 0. The van der Waals surface area contributed by atoms with Gasteiger partial charge < -0.3 is 79.5 Å². The maximum atomic E-state index is 12.9. The lowest BCUT2D eigenvalue weighted by molar-refractivity contribution is -0.397. The van der Waals surface area contributed by atoms with Crippen LogP contribution in [0.3, 0.4) is 0 Å². The molecular formula is CH2O18Si9-8. The van der Waals surface area contributed by atoms with Crippen molar-refractivity contribution in [3.05, 3.63) is 0 Å². The minimum absolute atomic E-state index is 1.50. The van der Waals surface area contributed by atoms with Gasteiger partial charge in [-0.1, -0.05) is 0 Å². The van der Waals surface area contributed by atoms with Gasteiger partial charge in [0.05, 0.1) is 0 Å². The van der Waals surface area contributed by atoms with Gasteiger partial charge in [0.1, 0.15) is 8.55 Å². The standard InChI is InChI=1S/CH2O18Si9/c2-21-1-22(3)12-25(6)14-23(4,10-21)15-26(7)16-24(5,11-21)17-27(8,13-22)20-28(9,18-25)19-26/h1H2/q-8. The van der Waals surface area contributed by atoms with Crippen LogP contribution in [0.4, 0.5) is 0 Å². The first-order valence-corrected chi connectivity index (χ1v) is 23.8. The van der Waals surface area contributed by atoms with Crippen LogP contribution in [0.25, 0.3) is 0 Å². The molecule has 27 heteroatoms. The molecule has 6 heterocycles. The monoisotopic (exact) mass is 554 g/mol. The third-order valence-electron chi connectivity index (χ3n) is 3.40. The molecule has 158 valence electrons. The average Bonchev–Trinajstić information content (AvgIpc) is 2.22. The van der Waals surface area contributed by atoms with Crippen molar-refractivity contribution >= 4 is 79.0 Å². The summed E-state index contributed by atoms with van der Waals surface area (Å²) in [5, 5.41) is 0. The average molecular weight is 555 g/mol. The minimum Gasteiger partial charge on any atom is -0.820 e. The third kappa shape index (κ3) is 3.49. The highest BCUT2D eigenvalue weighted by molar-refractivity contribution is 7.45. The second kappa shape index (κ2) is 5.58. The van der Waals surface area contributed by atoms with Crippen LogP contribution in [0.15, 0.2) is 0 Å². The molecule has 8 unspecified atom stereocenters. The van der Waals surface area contributed by atoms with Crippen molar-refractivity contribution in [2.45, 2.75) is 5.67 Å². The molecule has 28 heavy (non-hydrogen) atoms. The summed E-state index contributed by atoms with van der Waals surface area (Å²) in [5.74, 6) is 0. The lowest BCUT2D eigenvalue weighted by atomic mass is 11.9. The van der Waals surface area contributed by atoms with Crippen LogP contribution < -0.4 is 38.4 Å². The van der Waals surface area contributed by atoms with E-state index in [1.807, 2.05) is 0 Å². The molecule has 6 saturated heterocycles. The van der Waals surface area contributed by atoms with Crippen molar-refractivity contribution in [2.24, 2.45) is 0 Å². The Morgan fingerprint density at radius 2 is 0.750 bits per heavy atom. The Kier molecular flexibility index (Phi) is 4.21. The second-order valence-electron chi connectivity index (χ2n) is 5.80. The second-order valence-corrected chi connectivity index (χ2v) is 31.3. The molecule has 0 saturated carbocycles. The molecule has 0 N–H and O–H groups in total. The normalized spacial score (nSPS) is 66.0. The van der Waals surface area contributed by atoms with Crippen LogP contribution in [0.1, 0.15) is 0 Å². The van der Waals surface area contributed by atoms with E-state index in [9.17, 15) is 38.4 Å². The Balaban J connectivity index is 1.79. The van der Waals surface area contributed by atoms with E-state index in [2.05, 4.69) is 37.0 Å². The Morgan fingerprint density at radius 1 is 0.429 bits per heavy atom. The van der Waals surface area contributed by atoms with Crippen LogP contribution in [-0.2, 0) is 41.2 Å². The van der Waals surface area contributed by atoms with Gasteiger partial charge in [-0.25, -0.2) is 0 Å². The number of hydrogen-bond donors (Lipinski definition) is 0. The topological polar surface area (TPSA) is 277 Å². The van der Waals surface area contributed by atoms with Crippen molar-refractivity contribution in [1.29, 1.82) is 0 Å². The predicted octanol–water partition coefficient (Wildman–Crippen LogP) is -13.2. The Hall–Kier alpha value is 1.23. The fourth-order valence-corrected chi connectivity index (χ4v) is 48.9. The zero-order valence-corrected chi connectivity index (χ0v) is 21.6. The molecule has 0 amide bonds. The van der Waals surface area contributed by atoms with E-state index in [0.29, 0.717) is 0 Å². The van der Waals surface area contributed by atoms with Crippen LogP contribution >= 0.6 is 0 Å². The molecule has 6 aliphatic heterocycles. The molecule has 8 bridgehead atoms. The predicted molar refractivity (Wildman–Crippen MR) is 67.4 cm³/mol. The first-order chi connectivity index (χ1) is 12.5. The van der Waals surface area contributed by atoms with Crippen LogP contribution in [0, 0.1) is 0 Å². The summed E-state index contributed by atoms with van der Waals surface area (Å²) in [6.45, 7) is 0. The van der Waals surface area contributed by atoms with E-state index >= 15 is 0 Å². The number of rotatable bonds is 0. The van der Waals surface area contributed by atoms with Gasteiger partial charge in [-0.15, -0.1) is 0 Å². The van der Waals surface area contributed by atoms with Gasteiger partial charge >= 0.3 is 36.2 Å². The van der Waals surface area contributed by atoms with Gasteiger partial charge in [-0.3, -0.25) is 0 Å². The van der Waals surface area contributed by atoms with Crippen molar-refractivity contribution in [2.75, 3.05) is 0 Å². The van der Waals surface area contributed by atoms with Gasteiger partial charge in [0, 0.05) is 5.67 Å². The molecular weight excluding hydrogens is 553 g/mol. The van der Waals surface area contributed by atoms with Crippen LogP contribution in [-0.4, -0.2) is 79.0 Å². The van der Waals surface area contributed by atoms with E-state index < -0.39 is 84.7 Å². The lowest BCUT2D eigenvalue weighted by Crippen LogP contribution is -2.99. The van der Waals surface area contributed by atoms with Crippen molar-refractivity contribution in [3.8, 4) is 0 Å². The van der Waals surface area contributed by atoms with Gasteiger partial charge in [-0.2, -0.15) is 0 Å². The largest absolute Gasteiger partial charge is 0.820 e. The fourth-order valence-electron chi connectivity index (χ4n) is 2.76. The van der Waals surface area contributed by atoms with Crippen molar-refractivity contribution in [3.63, 3.8) is 0 Å². The molecule has 0 aromatic heterocycles. The summed E-state index contributed by atoms with van der Waals surface area (Å²) in [4.78, 5) is 103. The summed E-state index contributed by atoms with van der Waals surface area (Å²) < 4.78 is 45.5. The molecule has 0 spiro atoms. The van der Waals surface area contributed by atoms with Crippen molar-refractivity contribution in [1.82, 2.24) is 0 Å². The first kappa shape index (κ1) is 21.1. The van der Waals surface area contributed by atoms with E-state index in [1.165, 1.54) is 0 Å². The first-order valence-electron chi connectivity index (χ1n) is 6.92. The van der Waals surface area contributed by atoms with Gasteiger partial charge in [0.25, 0.3) is 0 Å². The molecule has 6 rings (SSSR count). The third-order valence-corrected chi connectivity index (χ3v) is 39.8. The van der Waals surface area contributed by atoms with E-state index in [0.717, 1.165) is 0 Å². The van der Waals surface area contributed by atoms with Crippen LogP contribution in [0.5, 0.6) is 0 Å². The zero-order valence-electron chi connectivity index (χ0n) is 12.6. The smallest absolute Gasteiger partial charge is 0.386 e. The molecule has 2 radical (unpaired) electrons. The summed E-state index contributed by atoms with van der Waals surface area (Å²) >= 11 is 0. The highest BCUT2D eigenvalue weighted by Crippen LogP contribution is 2.39. The van der Waals surface area contributed by atoms with Gasteiger partial charge in [0.2, 0.25) is 34.3 Å². The lowest BCUT2D eigenvalue weighted by Gasteiger charge is -2.73. The maximum Gasteiger partial charge on any atom is 0.386 e. The maximum absolute atomic E-state index is 12.9. The van der Waals surface area contributed by atoms with Crippen molar-refractivity contribution < 1.29 is 79.5 Å². The zero-order chi connectivity index (χ0) is 20.5. The quantitative estimate of drug-likeness (QED) is 0.251. The highest BCUT2D eigenvalue weighted by Gasteiger charge is 2.65. The van der Waals surface area contributed by atoms with E-state index in [1.54, 1.807) is 0 Å². The van der Waals surface area contributed by atoms with Gasteiger partial charge in [0.15, 0.2) is 0 Å². The summed E-state index contributed by atoms with van der Waals surface area (Å²) in [7, 11) is -47.1. The Bertz CT molecular complexity index is 477. The van der Waals surface area contributed by atoms with Gasteiger partial charge in [-0.05, 0) is 0 Å². The SMILES string of the molecule is [O-][Si]12C[Si]3([O-])O[Si]4([O-])O[Si]([O-])(O1)O[Si]1([O-])O[Si]([O-])(O2)O[Si]([O-])(O3)[Si][Si]([O-])(O4)O1. The summed E-state index contributed by atoms with van der Waals surface area (Å²) in [5.41, 5.74) is -1.50. The van der Waals surface area contributed by atoms with Crippen LogP contribution in [0.2, 0.25) is 5.67 Å². The molecule has 0 aromatic rings. The van der Waals surface area contributed by atoms with E-state index in [4.69, 9.17) is 4.12 Å². The molecule has 0 aliphatic carbocycles. The molecule has 6 fully saturated rings. The fraction of sp³-hybridized carbons (Fsp3) is 1.00. The summed E-state index contributed by atoms with van der Waals surface area (Å²) in [6, 6.07) is 0. The molecule has 6 aliphatic rings. The molecule has 0 aromatic carbocycles. The number of hydrogen-bond acceptors (Lipinski definition) is 18. The molecule has 8 atom stereocenters. The Labute approximate surface area is 164 Å². The van der Waals surface area contributed by atoms with E-state index in [-0.39, 0.29) is 0 Å².